The second-order valence-electron chi connectivity index (χ2n) is 4.82. The summed E-state index contributed by atoms with van der Waals surface area (Å²) >= 11 is 0. The van der Waals surface area contributed by atoms with Gasteiger partial charge < -0.3 is 10.2 Å². The number of piperazine rings is 1. The summed E-state index contributed by atoms with van der Waals surface area (Å²) in [5.41, 5.74) is 0. The van der Waals surface area contributed by atoms with E-state index in [0.717, 1.165) is 19.3 Å². The molecule has 2 atom stereocenters. The summed E-state index contributed by atoms with van der Waals surface area (Å²) in [5.74, 6) is 2.92. The third kappa shape index (κ3) is 2.44. The summed E-state index contributed by atoms with van der Waals surface area (Å²) in [6.45, 7) is 2.15. The molecule has 1 saturated heterocycles. The fraction of sp³-hybridized carbons (Fsp3) is 0.692. The highest BCUT2D eigenvalue weighted by Crippen LogP contribution is 2.34. The SMILES string of the molecule is C#CCC(CC)N1CC(=O)NC(C2CC2)C1=O. The average molecular weight is 234 g/mol. The summed E-state index contributed by atoms with van der Waals surface area (Å²) in [4.78, 5) is 25.6. The molecule has 0 aromatic heterocycles. The lowest BCUT2D eigenvalue weighted by molar-refractivity contribution is -0.147. The Morgan fingerprint density at radius 1 is 1.53 bits per heavy atom. The number of nitrogens with one attached hydrogen (secondary N) is 1. The maximum absolute atomic E-state index is 12.3. The Morgan fingerprint density at radius 3 is 2.76 bits per heavy atom. The summed E-state index contributed by atoms with van der Waals surface area (Å²) in [6.07, 6.45) is 8.70. The average Bonchev–Trinajstić information content (AvgIpc) is 3.13. The minimum absolute atomic E-state index is 0.000185. The van der Waals surface area contributed by atoms with Crippen molar-refractivity contribution in [3.05, 3.63) is 0 Å². The molecule has 2 rings (SSSR count). The fourth-order valence-electron chi connectivity index (χ4n) is 2.36. The normalized spacial score (nSPS) is 26.4. The van der Waals surface area contributed by atoms with Gasteiger partial charge in [-0.25, -0.2) is 0 Å². The van der Waals surface area contributed by atoms with E-state index in [1.165, 1.54) is 0 Å². The number of carbonyl (C=O) groups excluding carboxylic acids is 2. The van der Waals surface area contributed by atoms with Gasteiger partial charge in [-0.2, -0.15) is 0 Å². The first-order valence-electron chi connectivity index (χ1n) is 6.20. The van der Waals surface area contributed by atoms with Crippen LogP contribution in [0.25, 0.3) is 0 Å². The van der Waals surface area contributed by atoms with Gasteiger partial charge in [0.15, 0.2) is 0 Å². The van der Waals surface area contributed by atoms with E-state index in [9.17, 15) is 9.59 Å². The van der Waals surface area contributed by atoms with Crippen LogP contribution in [0.2, 0.25) is 0 Å². The van der Waals surface area contributed by atoms with Gasteiger partial charge in [-0.05, 0) is 25.2 Å². The number of amides is 2. The molecule has 0 spiro atoms. The highest BCUT2D eigenvalue weighted by atomic mass is 16.2. The first-order chi connectivity index (χ1) is 8.17. The summed E-state index contributed by atoms with van der Waals surface area (Å²) in [6, 6.07) is -0.303. The van der Waals surface area contributed by atoms with E-state index in [0.29, 0.717) is 12.3 Å². The minimum atomic E-state index is -0.303. The van der Waals surface area contributed by atoms with Gasteiger partial charge in [0.05, 0.1) is 6.54 Å². The molecule has 2 unspecified atom stereocenters. The lowest BCUT2D eigenvalue weighted by Crippen LogP contribution is -2.61. The molecule has 1 saturated carbocycles. The molecule has 92 valence electrons. The van der Waals surface area contributed by atoms with Crippen molar-refractivity contribution in [1.29, 1.82) is 0 Å². The molecule has 1 aliphatic carbocycles. The van der Waals surface area contributed by atoms with Crippen molar-refractivity contribution in [1.82, 2.24) is 10.2 Å². The van der Waals surface area contributed by atoms with Crippen LogP contribution in [0.15, 0.2) is 0 Å². The van der Waals surface area contributed by atoms with Crippen LogP contribution >= 0.6 is 0 Å². The van der Waals surface area contributed by atoms with E-state index in [-0.39, 0.29) is 30.4 Å². The lowest BCUT2D eigenvalue weighted by Gasteiger charge is -2.37. The van der Waals surface area contributed by atoms with Crippen molar-refractivity contribution >= 4 is 11.8 Å². The van der Waals surface area contributed by atoms with Crippen molar-refractivity contribution in [2.24, 2.45) is 5.92 Å². The van der Waals surface area contributed by atoms with Crippen LogP contribution in [0.3, 0.4) is 0 Å². The Balaban J connectivity index is 2.11. The number of rotatable bonds is 4. The van der Waals surface area contributed by atoms with Gasteiger partial charge in [-0.15, -0.1) is 12.3 Å². The molecule has 17 heavy (non-hydrogen) atoms. The summed E-state index contributed by atoms with van der Waals surface area (Å²) in [5, 5.41) is 2.80. The van der Waals surface area contributed by atoms with E-state index >= 15 is 0 Å². The van der Waals surface area contributed by atoms with Crippen molar-refractivity contribution in [2.45, 2.75) is 44.7 Å². The quantitative estimate of drug-likeness (QED) is 0.721. The smallest absolute Gasteiger partial charge is 0.246 e. The van der Waals surface area contributed by atoms with Gasteiger partial charge in [0.2, 0.25) is 11.8 Å². The molecule has 0 radical (unpaired) electrons. The Labute approximate surface area is 102 Å². The summed E-state index contributed by atoms with van der Waals surface area (Å²) in [7, 11) is 0. The predicted octanol–water partition coefficient (Wildman–Crippen LogP) is 0.525. The predicted molar refractivity (Wildman–Crippen MR) is 63.9 cm³/mol. The number of hydrogen-bond donors (Lipinski definition) is 1. The second-order valence-corrected chi connectivity index (χ2v) is 4.82. The molecule has 1 heterocycles. The molecular weight excluding hydrogens is 216 g/mol. The molecule has 0 aromatic carbocycles. The highest BCUT2D eigenvalue weighted by Gasteiger charge is 2.43. The van der Waals surface area contributed by atoms with Gasteiger partial charge in [0, 0.05) is 12.5 Å². The van der Waals surface area contributed by atoms with Crippen LogP contribution in [0.4, 0.5) is 0 Å². The molecule has 1 N–H and O–H groups in total. The van der Waals surface area contributed by atoms with Gasteiger partial charge in [-0.1, -0.05) is 6.92 Å². The Kier molecular flexibility index (Phi) is 3.37. The Morgan fingerprint density at radius 2 is 2.24 bits per heavy atom. The lowest BCUT2D eigenvalue weighted by atomic mass is 10.0. The van der Waals surface area contributed by atoms with Crippen LogP contribution < -0.4 is 5.32 Å². The van der Waals surface area contributed by atoms with Crippen LogP contribution in [0, 0.1) is 18.3 Å². The number of terminal acetylenes is 1. The van der Waals surface area contributed by atoms with E-state index in [1.807, 2.05) is 6.92 Å². The third-order valence-corrected chi connectivity index (χ3v) is 3.54. The molecular formula is C13H18N2O2. The molecule has 1 aliphatic heterocycles. The van der Waals surface area contributed by atoms with Gasteiger partial charge >= 0.3 is 0 Å². The van der Waals surface area contributed by atoms with Crippen LogP contribution in [0.5, 0.6) is 0 Å². The number of hydrogen-bond acceptors (Lipinski definition) is 2. The minimum Gasteiger partial charge on any atom is -0.342 e. The first-order valence-corrected chi connectivity index (χ1v) is 6.20. The highest BCUT2D eigenvalue weighted by molar-refractivity contribution is 5.95. The largest absolute Gasteiger partial charge is 0.342 e. The van der Waals surface area contributed by atoms with Crippen molar-refractivity contribution in [3.63, 3.8) is 0 Å². The molecule has 2 amide bonds. The zero-order valence-corrected chi connectivity index (χ0v) is 10.1. The van der Waals surface area contributed by atoms with Crippen LogP contribution in [-0.4, -0.2) is 35.3 Å². The maximum atomic E-state index is 12.3. The van der Waals surface area contributed by atoms with Crippen molar-refractivity contribution in [3.8, 4) is 12.3 Å². The van der Waals surface area contributed by atoms with Crippen molar-refractivity contribution < 1.29 is 9.59 Å². The molecule has 0 aromatic rings. The number of carbonyl (C=O) groups is 2. The molecule has 2 aliphatic rings. The standard InChI is InChI=1S/C13H18N2O2/c1-3-5-10(4-2)15-8-11(16)14-12(13(15)17)9-6-7-9/h1,9-10,12H,4-8H2,2H3,(H,14,16). The van der Waals surface area contributed by atoms with Crippen LogP contribution in [-0.2, 0) is 9.59 Å². The van der Waals surface area contributed by atoms with Gasteiger partial charge in [0.25, 0.3) is 0 Å². The topological polar surface area (TPSA) is 49.4 Å². The fourth-order valence-corrected chi connectivity index (χ4v) is 2.36. The maximum Gasteiger partial charge on any atom is 0.246 e. The van der Waals surface area contributed by atoms with E-state index in [1.54, 1.807) is 4.90 Å². The van der Waals surface area contributed by atoms with E-state index in [4.69, 9.17) is 6.42 Å². The van der Waals surface area contributed by atoms with Crippen LogP contribution in [0.1, 0.15) is 32.6 Å². The Hall–Kier alpha value is -1.50. The monoisotopic (exact) mass is 234 g/mol. The molecule has 4 nitrogen and oxygen atoms in total. The van der Waals surface area contributed by atoms with Crippen molar-refractivity contribution in [2.75, 3.05) is 6.54 Å². The zero-order chi connectivity index (χ0) is 12.4. The molecule has 0 bridgehead atoms. The van der Waals surface area contributed by atoms with Gasteiger partial charge in [0.1, 0.15) is 6.04 Å². The summed E-state index contributed by atoms with van der Waals surface area (Å²) < 4.78 is 0. The molecule has 4 heteroatoms. The second kappa shape index (κ2) is 4.79. The zero-order valence-electron chi connectivity index (χ0n) is 10.1. The van der Waals surface area contributed by atoms with Gasteiger partial charge in [-0.3, -0.25) is 9.59 Å². The van der Waals surface area contributed by atoms with E-state index in [2.05, 4.69) is 11.2 Å². The number of nitrogens with zero attached hydrogens (tertiary/aromatic N) is 1. The molecule has 2 fully saturated rings. The van der Waals surface area contributed by atoms with E-state index < -0.39 is 0 Å². The Bertz CT molecular complexity index is 368. The third-order valence-electron chi connectivity index (χ3n) is 3.54. The first kappa shape index (κ1) is 12.0.